The molecule has 1 aromatic heterocycles. The van der Waals surface area contributed by atoms with Crippen molar-refractivity contribution in [2.45, 2.75) is 0 Å². The van der Waals surface area contributed by atoms with Crippen molar-refractivity contribution in [1.82, 2.24) is 4.98 Å². The highest BCUT2D eigenvalue weighted by Gasteiger charge is 2.14. The van der Waals surface area contributed by atoms with Gasteiger partial charge in [0.1, 0.15) is 5.75 Å². The highest BCUT2D eigenvalue weighted by atomic mass is 127. The minimum atomic E-state index is -3.39. The second-order valence-electron chi connectivity index (χ2n) is 6.84. The third-order valence-electron chi connectivity index (χ3n) is 4.52. The van der Waals surface area contributed by atoms with E-state index in [1.807, 2.05) is 36.4 Å². The van der Waals surface area contributed by atoms with Crippen molar-refractivity contribution in [3.8, 4) is 5.75 Å². The van der Waals surface area contributed by atoms with Gasteiger partial charge in [-0.2, -0.15) is 0 Å². The van der Waals surface area contributed by atoms with E-state index >= 15 is 0 Å². The molecule has 0 unspecified atom stereocenters. The van der Waals surface area contributed by atoms with Gasteiger partial charge in [-0.15, -0.1) is 0 Å². The molecule has 30 heavy (non-hydrogen) atoms. The summed E-state index contributed by atoms with van der Waals surface area (Å²) < 4.78 is 32.1. The number of methoxy groups -OCH3 is 1. The second-order valence-corrected chi connectivity index (χ2v) is 9.83. The van der Waals surface area contributed by atoms with E-state index in [2.05, 4.69) is 32.6 Å². The van der Waals surface area contributed by atoms with E-state index in [1.165, 1.54) is 7.11 Å². The number of ether oxygens (including phenoxy) is 1. The van der Waals surface area contributed by atoms with E-state index in [-0.39, 0.29) is 0 Å². The van der Waals surface area contributed by atoms with Crippen molar-refractivity contribution in [1.29, 1.82) is 0 Å². The van der Waals surface area contributed by atoms with Crippen molar-refractivity contribution in [2.24, 2.45) is 0 Å². The van der Waals surface area contributed by atoms with Crippen molar-refractivity contribution >= 4 is 77.2 Å². The molecule has 0 radical (unpaired) electrons. The lowest BCUT2D eigenvalue weighted by atomic mass is 10.1. The Morgan fingerprint density at radius 2 is 1.80 bits per heavy atom. The van der Waals surface area contributed by atoms with Gasteiger partial charge in [-0.3, -0.25) is 4.72 Å². The van der Waals surface area contributed by atoms with Crippen molar-refractivity contribution in [3.63, 3.8) is 0 Å². The topological polar surface area (TPSA) is 106 Å². The fraction of sp³-hybridized carbons (Fsp3) is 0.0952. The zero-order chi connectivity index (χ0) is 21.5. The highest BCUT2D eigenvalue weighted by molar-refractivity contribution is 14.1. The van der Waals surface area contributed by atoms with Gasteiger partial charge in [0.25, 0.3) is 0 Å². The Balaban J connectivity index is 1.89. The molecular formula is C21H19IN4O3S. The largest absolute Gasteiger partial charge is 0.494 e. The summed E-state index contributed by atoms with van der Waals surface area (Å²) in [5.74, 6) is 0.496. The summed E-state index contributed by atoms with van der Waals surface area (Å²) in [6.45, 7) is 0. The van der Waals surface area contributed by atoms with Crippen LogP contribution in [0.4, 0.5) is 22.7 Å². The molecule has 3 aromatic carbocycles. The number of fused-ring (bicyclic) bond motifs is 2. The zero-order valence-electron chi connectivity index (χ0n) is 16.2. The first-order chi connectivity index (χ1) is 14.2. The van der Waals surface area contributed by atoms with Crippen LogP contribution in [0, 0.1) is 3.57 Å². The Morgan fingerprint density at radius 3 is 2.53 bits per heavy atom. The van der Waals surface area contributed by atoms with Gasteiger partial charge in [0.15, 0.2) is 0 Å². The predicted molar refractivity (Wildman–Crippen MR) is 131 cm³/mol. The normalized spacial score (nSPS) is 11.6. The summed E-state index contributed by atoms with van der Waals surface area (Å²) in [7, 11) is -1.85. The molecule has 154 valence electrons. The van der Waals surface area contributed by atoms with Gasteiger partial charge in [0, 0.05) is 26.1 Å². The summed E-state index contributed by atoms with van der Waals surface area (Å²) in [5.41, 5.74) is 10.3. The number of hydrogen-bond donors (Lipinski definition) is 3. The molecule has 0 amide bonds. The maximum atomic E-state index is 11.5. The predicted octanol–water partition coefficient (Wildman–Crippen LogP) is 4.70. The zero-order valence-corrected chi connectivity index (χ0v) is 19.2. The molecule has 1 heterocycles. The molecule has 0 bridgehead atoms. The van der Waals surface area contributed by atoms with Crippen LogP contribution < -0.4 is 20.5 Å². The Bertz CT molecular complexity index is 1390. The van der Waals surface area contributed by atoms with Crippen LogP contribution in [0.3, 0.4) is 0 Å². The van der Waals surface area contributed by atoms with E-state index in [4.69, 9.17) is 15.5 Å². The third-order valence-corrected chi connectivity index (χ3v) is 5.80. The molecule has 0 atom stereocenters. The maximum absolute atomic E-state index is 11.5. The monoisotopic (exact) mass is 534 g/mol. The number of pyridine rings is 1. The lowest BCUT2D eigenvalue weighted by molar-refractivity contribution is 0.417. The number of nitrogens with two attached hydrogens (primary N) is 1. The molecule has 0 saturated heterocycles. The van der Waals surface area contributed by atoms with E-state index < -0.39 is 10.0 Å². The van der Waals surface area contributed by atoms with Crippen LogP contribution in [0.1, 0.15) is 0 Å². The number of rotatable bonds is 5. The summed E-state index contributed by atoms with van der Waals surface area (Å²) in [4.78, 5) is 4.77. The van der Waals surface area contributed by atoms with E-state index in [1.54, 1.807) is 18.2 Å². The number of anilines is 4. The molecule has 4 N–H and O–H groups in total. The van der Waals surface area contributed by atoms with Gasteiger partial charge in [-0.25, -0.2) is 13.4 Å². The number of aromatic nitrogens is 1. The van der Waals surface area contributed by atoms with Crippen LogP contribution in [0.5, 0.6) is 5.75 Å². The minimum Gasteiger partial charge on any atom is -0.494 e. The van der Waals surface area contributed by atoms with Crippen molar-refractivity contribution < 1.29 is 13.2 Å². The first-order valence-electron chi connectivity index (χ1n) is 8.95. The average Bonchev–Trinajstić information content (AvgIpc) is 2.67. The lowest BCUT2D eigenvalue weighted by Gasteiger charge is -2.17. The standard InChI is InChI=1S/C21H19IN4O3S/c1-29-20-11-14(26-30(2,27)28)5-8-18(20)25-21-15-6-3-12(22)9-19(15)24-17-7-4-13(23)10-16(17)21/h3-11,26H,23H2,1-2H3,(H,24,25). The Kier molecular flexibility index (Phi) is 5.33. The number of hydrogen-bond acceptors (Lipinski definition) is 6. The highest BCUT2D eigenvalue weighted by Crippen LogP contribution is 2.38. The molecule has 0 saturated carbocycles. The molecule has 7 nitrogen and oxygen atoms in total. The van der Waals surface area contributed by atoms with Gasteiger partial charge in [0.05, 0.1) is 41.5 Å². The number of halogens is 1. The number of sulfonamides is 1. The van der Waals surface area contributed by atoms with Crippen LogP contribution in [-0.2, 0) is 10.0 Å². The second kappa shape index (κ2) is 7.80. The molecule has 0 spiro atoms. The van der Waals surface area contributed by atoms with Crippen LogP contribution in [0.25, 0.3) is 21.8 Å². The lowest BCUT2D eigenvalue weighted by Crippen LogP contribution is -2.09. The van der Waals surface area contributed by atoms with Crippen LogP contribution in [0.15, 0.2) is 54.6 Å². The van der Waals surface area contributed by atoms with Crippen molar-refractivity contribution in [3.05, 3.63) is 58.2 Å². The third kappa shape index (κ3) is 4.21. The Labute approximate surface area is 187 Å². The quantitative estimate of drug-likeness (QED) is 0.195. The SMILES string of the molecule is COc1cc(NS(C)(=O)=O)ccc1Nc1c2ccc(I)cc2nc2ccc(N)cc12. The van der Waals surface area contributed by atoms with Gasteiger partial charge in [-0.05, 0) is 71.1 Å². The molecular weight excluding hydrogens is 515 g/mol. The summed E-state index contributed by atoms with van der Waals surface area (Å²) in [5, 5.41) is 5.26. The van der Waals surface area contributed by atoms with E-state index in [0.717, 1.165) is 37.3 Å². The summed E-state index contributed by atoms with van der Waals surface area (Å²) >= 11 is 2.26. The Morgan fingerprint density at radius 1 is 1.00 bits per heavy atom. The average molecular weight is 534 g/mol. The van der Waals surface area contributed by atoms with Gasteiger partial charge in [0.2, 0.25) is 10.0 Å². The first-order valence-corrected chi connectivity index (χ1v) is 11.9. The van der Waals surface area contributed by atoms with Crippen LogP contribution >= 0.6 is 22.6 Å². The summed E-state index contributed by atoms with van der Waals surface area (Å²) in [6.07, 6.45) is 1.10. The molecule has 0 aliphatic rings. The van der Waals surface area contributed by atoms with Gasteiger partial charge < -0.3 is 15.8 Å². The number of nitrogen functional groups attached to an aromatic ring is 1. The molecule has 0 aliphatic carbocycles. The fourth-order valence-corrected chi connectivity index (χ4v) is 4.31. The number of nitrogens with zero attached hydrogens (tertiary/aromatic N) is 1. The number of benzene rings is 3. The molecule has 9 heteroatoms. The smallest absolute Gasteiger partial charge is 0.229 e. The summed E-state index contributed by atoms with van der Waals surface area (Å²) in [6, 6.07) is 16.7. The van der Waals surface area contributed by atoms with E-state index in [9.17, 15) is 8.42 Å². The molecule has 0 fully saturated rings. The van der Waals surface area contributed by atoms with Crippen molar-refractivity contribution in [2.75, 3.05) is 29.1 Å². The molecule has 4 rings (SSSR count). The fourth-order valence-electron chi connectivity index (χ4n) is 3.28. The van der Waals surface area contributed by atoms with Gasteiger partial charge >= 0.3 is 0 Å². The minimum absolute atomic E-state index is 0.420. The molecule has 4 aromatic rings. The molecule has 0 aliphatic heterocycles. The Hall–Kier alpha value is -2.79. The van der Waals surface area contributed by atoms with Crippen LogP contribution in [-0.4, -0.2) is 26.8 Å². The van der Waals surface area contributed by atoms with Gasteiger partial charge in [-0.1, -0.05) is 0 Å². The maximum Gasteiger partial charge on any atom is 0.229 e. The van der Waals surface area contributed by atoms with Crippen LogP contribution in [0.2, 0.25) is 0 Å². The van der Waals surface area contributed by atoms with E-state index in [0.29, 0.717) is 22.8 Å². The first kappa shape index (κ1) is 20.5. The number of nitrogens with one attached hydrogen (secondary N) is 2.